The van der Waals surface area contributed by atoms with Crippen LogP contribution >= 0.6 is 0 Å². The zero-order chi connectivity index (χ0) is 26.5. The lowest BCUT2D eigenvalue weighted by Gasteiger charge is -2.15. The van der Waals surface area contributed by atoms with Crippen molar-refractivity contribution in [3.05, 3.63) is 88.2 Å². The normalized spacial score (nSPS) is 13.0. The first-order valence-electron chi connectivity index (χ1n) is 11.8. The van der Waals surface area contributed by atoms with E-state index in [2.05, 4.69) is 28.8 Å². The molecule has 1 atom stereocenters. The van der Waals surface area contributed by atoms with Crippen LogP contribution in [0.15, 0.2) is 65.7 Å². The number of aryl methyl sites for hydroxylation is 1. The molecule has 5 aromatic rings. The van der Waals surface area contributed by atoms with Crippen LogP contribution in [-0.2, 0) is 13.2 Å². The van der Waals surface area contributed by atoms with Gasteiger partial charge in [0.1, 0.15) is 11.3 Å². The van der Waals surface area contributed by atoms with Gasteiger partial charge in [-0.05, 0) is 24.0 Å². The minimum atomic E-state index is -4.52. The van der Waals surface area contributed by atoms with Gasteiger partial charge in [0.15, 0.2) is 17.2 Å². The fourth-order valence-corrected chi connectivity index (χ4v) is 4.54. The fraction of sp³-hybridized carbons (Fsp3) is 0.259. The molecule has 0 spiro atoms. The van der Waals surface area contributed by atoms with Gasteiger partial charge in [-0.25, -0.2) is 19.7 Å². The molecule has 0 aliphatic rings. The SMILES string of the molecule is CC(C)c1ccccc1-c1ncc2[nH]c(=O)n(C(C)c3ccc(-c4nc(C(F)(F)F)cn4C)cc3)c2n1. The number of aromatic amines is 1. The summed E-state index contributed by atoms with van der Waals surface area (Å²) in [5.41, 5.74) is 3.07. The maximum atomic E-state index is 13.1. The number of alkyl halides is 3. The van der Waals surface area contributed by atoms with Crippen LogP contribution in [0.1, 0.15) is 49.6 Å². The Morgan fingerprint density at radius 3 is 2.32 bits per heavy atom. The Labute approximate surface area is 210 Å². The number of imidazole rings is 2. The predicted molar refractivity (Wildman–Crippen MR) is 135 cm³/mol. The molecule has 0 bridgehead atoms. The highest BCUT2D eigenvalue weighted by molar-refractivity contribution is 5.74. The summed E-state index contributed by atoms with van der Waals surface area (Å²) in [6.45, 7) is 6.07. The van der Waals surface area contributed by atoms with Crippen molar-refractivity contribution in [2.45, 2.75) is 38.9 Å². The van der Waals surface area contributed by atoms with E-state index in [1.165, 1.54) is 11.6 Å². The van der Waals surface area contributed by atoms with E-state index in [9.17, 15) is 18.0 Å². The summed E-state index contributed by atoms with van der Waals surface area (Å²) in [6.07, 6.45) is -1.94. The number of hydrogen-bond donors (Lipinski definition) is 1. The van der Waals surface area contributed by atoms with Crippen LogP contribution in [0.3, 0.4) is 0 Å². The van der Waals surface area contributed by atoms with Crippen molar-refractivity contribution in [3.63, 3.8) is 0 Å². The Kier molecular flexibility index (Phi) is 5.97. The van der Waals surface area contributed by atoms with Crippen LogP contribution < -0.4 is 5.69 Å². The van der Waals surface area contributed by atoms with E-state index in [-0.39, 0.29) is 17.4 Å². The number of halogens is 3. The van der Waals surface area contributed by atoms with Crippen LogP contribution in [0.5, 0.6) is 0 Å². The summed E-state index contributed by atoms with van der Waals surface area (Å²) in [6, 6.07) is 14.5. The first kappa shape index (κ1) is 24.5. The second kappa shape index (κ2) is 9.02. The van der Waals surface area contributed by atoms with Crippen molar-refractivity contribution in [2.24, 2.45) is 7.05 Å². The zero-order valence-electron chi connectivity index (χ0n) is 20.7. The Balaban J connectivity index is 1.53. The highest BCUT2D eigenvalue weighted by Gasteiger charge is 2.34. The van der Waals surface area contributed by atoms with Gasteiger partial charge in [-0.1, -0.05) is 62.4 Å². The van der Waals surface area contributed by atoms with Gasteiger partial charge < -0.3 is 9.55 Å². The highest BCUT2D eigenvalue weighted by atomic mass is 19.4. The molecule has 0 saturated heterocycles. The minimum Gasteiger partial charge on any atom is -0.333 e. The molecule has 3 aromatic heterocycles. The Bertz CT molecular complexity index is 1640. The molecule has 0 amide bonds. The fourth-order valence-electron chi connectivity index (χ4n) is 4.54. The molecule has 1 unspecified atom stereocenters. The average Bonchev–Trinajstić information content (AvgIpc) is 3.42. The van der Waals surface area contributed by atoms with Gasteiger partial charge in [0, 0.05) is 24.4 Å². The molecule has 3 heterocycles. The molecule has 0 fully saturated rings. The van der Waals surface area contributed by atoms with E-state index in [0.29, 0.717) is 22.6 Å². The summed E-state index contributed by atoms with van der Waals surface area (Å²) in [4.78, 5) is 28.7. The standard InChI is InChI=1S/C27H25F3N6O/c1-15(2)19-7-5-6-8-20(19)23-31-13-21-25(34-23)36(26(37)32-21)16(3)17-9-11-18(12-10-17)24-33-22(14-35(24)4)27(28,29)30/h5-16H,1-4H3,(H,32,37). The van der Waals surface area contributed by atoms with E-state index < -0.39 is 17.9 Å². The summed E-state index contributed by atoms with van der Waals surface area (Å²) >= 11 is 0. The first-order valence-corrected chi connectivity index (χ1v) is 11.8. The van der Waals surface area contributed by atoms with Gasteiger partial charge in [0.2, 0.25) is 0 Å². The monoisotopic (exact) mass is 506 g/mol. The summed E-state index contributed by atoms with van der Waals surface area (Å²) in [5.74, 6) is 1.01. The summed E-state index contributed by atoms with van der Waals surface area (Å²) < 4.78 is 42.1. The molecule has 190 valence electrons. The predicted octanol–water partition coefficient (Wildman–Crippen LogP) is 5.94. The molecule has 0 aliphatic carbocycles. The second-order valence-corrected chi connectivity index (χ2v) is 9.33. The quantitative estimate of drug-likeness (QED) is 0.320. The summed E-state index contributed by atoms with van der Waals surface area (Å²) in [7, 11) is 1.52. The molecule has 2 aromatic carbocycles. The van der Waals surface area contributed by atoms with E-state index in [1.807, 2.05) is 31.2 Å². The molecule has 37 heavy (non-hydrogen) atoms. The molecule has 7 nitrogen and oxygen atoms in total. The third-order valence-corrected chi connectivity index (χ3v) is 6.49. The van der Waals surface area contributed by atoms with Crippen molar-refractivity contribution in [1.29, 1.82) is 0 Å². The van der Waals surface area contributed by atoms with Crippen LogP contribution in [0.4, 0.5) is 13.2 Å². The number of benzene rings is 2. The number of aromatic nitrogens is 6. The van der Waals surface area contributed by atoms with E-state index in [1.54, 1.807) is 35.0 Å². The van der Waals surface area contributed by atoms with E-state index in [4.69, 9.17) is 4.98 Å². The zero-order valence-corrected chi connectivity index (χ0v) is 20.7. The third-order valence-electron chi connectivity index (χ3n) is 6.49. The summed E-state index contributed by atoms with van der Waals surface area (Å²) in [5, 5.41) is 0. The van der Waals surface area contributed by atoms with Gasteiger partial charge in [-0.2, -0.15) is 13.2 Å². The van der Waals surface area contributed by atoms with Crippen molar-refractivity contribution in [2.75, 3.05) is 0 Å². The third kappa shape index (κ3) is 4.43. The average molecular weight is 507 g/mol. The smallest absolute Gasteiger partial charge is 0.333 e. The van der Waals surface area contributed by atoms with Gasteiger partial charge in [-0.3, -0.25) is 4.57 Å². The van der Waals surface area contributed by atoms with Crippen molar-refractivity contribution in [1.82, 2.24) is 29.1 Å². The van der Waals surface area contributed by atoms with Crippen molar-refractivity contribution < 1.29 is 13.2 Å². The molecule has 5 rings (SSSR count). The first-order chi connectivity index (χ1) is 17.5. The number of nitrogens with zero attached hydrogens (tertiary/aromatic N) is 5. The molecule has 0 saturated carbocycles. The highest BCUT2D eigenvalue weighted by Crippen LogP contribution is 2.32. The lowest BCUT2D eigenvalue weighted by atomic mass is 9.97. The largest absolute Gasteiger partial charge is 0.434 e. The Morgan fingerprint density at radius 2 is 1.68 bits per heavy atom. The lowest BCUT2D eigenvalue weighted by molar-refractivity contribution is -0.140. The van der Waals surface area contributed by atoms with Crippen LogP contribution in [0, 0.1) is 0 Å². The molecular formula is C27H25F3N6O. The molecular weight excluding hydrogens is 481 g/mol. The van der Waals surface area contributed by atoms with E-state index in [0.717, 1.165) is 22.9 Å². The van der Waals surface area contributed by atoms with E-state index >= 15 is 0 Å². The number of nitrogens with one attached hydrogen (secondary N) is 1. The van der Waals surface area contributed by atoms with Crippen LogP contribution in [0.25, 0.3) is 33.9 Å². The van der Waals surface area contributed by atoms with Crippen LogP contribution in [-0.4, -0.2) is 29.1 Å². The Morgan fingerprint density at radius 1 is 0.973 bits per heavy atom. The molecule has 10 heteroatoms. The Hall–Kier alpha value is -4.21. The molecule has 1 N–H and O–H groups in total. The van der Waals surface area contributed by atoms with Crippen LogP contribution in [0.2, 0.25) is 0 Å². The number of fused-ring (bicyclic) bond motifs is 1. The maximum absolute atomic E-state index is 13.1. The number of rotatable bonds is 5. The van der Waals surface area contributed by atoms with Crippen molar-refractivity contribution >= 4 is 11.2 Å². The lowest BCUT2D eigenvalue weighted by Crippen LogP contribution is -2.21. The minimum absolute atomic E-state index is 0.206. The topological polar surface area (TPSA) is 81.4 Å². The van der Waals surface area contributed by atoms with Gasteiger partial charge in [0.05, 0.1) is 12.2 Å². The second-order valence-electron chi connectivity index (χ2n) is 9.33. The van der Waals surface area contributed by atoms with Crippen molar-refractivity contribution in [3.8, 4) is 22.8 Å². The number of H-pyrrole nitrogens is 1. The van der Waals surface area contributed by atoms with Gasteiger partial charge in [-0.15, -0.1) is 0 Å². The maximum Gasteiger partial charge on any atom is 0.434 e. The van der Waals surface area contributed by atoms with Gasteiger partial charge in [0.25, 0.3) is 0 Å². The molecule has 0 radical (unpaired) electrons. The molecule has 0 aliphatic heterocycles. The van der Waals surface area contributed by atoms with Gasteiger partial charge >= 0.3 is 11.9 Å². The number of hydrogen-bond acceptors (Lipinski definition) is 4.